The van der Waals surface area contributed by atoms with Crippen LogP contribution < -0.4 is 0 Å². The highest BCUT2D eigenvalue weighted by atomic mass is 79.9. The normalized spacial score (nSPS) is 12.3. The minimum Gasteiger partial charge on any atom is -0.392 e. The van der Waals surface area contributed by atoms with Crippen LogP contribution in [0, 0.1) is 0 Å². The summed E-state index contributed by atoms with van der Waals surface area (Å²) in [6.07, 6.45) is 0.228. The lowest BCUT2D eigenvalue weighted by atomic mass is 10.5. The molecule has 0 N–H and O–H groups in total. The van der Waals surface area contributed by atoms with Gasteiger partial charge in [0.05, 0.1) is 0 Å². The van der Waals surface area contributed by atoms with E-state index in [9.17, 15) is 9.59 Å². The van der Waals surface area contributed by atoms with E-state index in [1.54, 1.807) is 13.8 Å². The first-order valence-corrected chi connectivity index (χ1v) is 3.88. The Morgan fingerprint density at radius 1 is 1.60 bits per heavy atom. The van der Waals surface area contributed by atoms with Crippen molar-refractivity contribution in [3.05, 3.63) is 0 Å². The van der Waals surface area contributed by atoms with Crippen molar-refractivity contribution in [2.24, 2.45) is 0 Å². The number of ether oxygens (including phenoxy) is 1. The van der Waals surface area contributed by atoms with Crippen LogP contribution in [0.15, 0.2) is 0 Å². The maximum Gasteiger partial charge on any atom is 0.327 e. The molecule has 58 valence electrons. The summed E-state index contributed by atoms with van der Waals surface area (Å²) in [5.41, 5.74) is 0. The molecular weight excluding hydrogens is 200 g/mol. The number of rotatable bonds is 2. The van der Waals surface area contributed by atoms with Gasteiger partial charge in [0.15, 0.2) is 0 Å². The number of esters is 2. The number of alkyl halides is 1. The average molecular weight is 209 g/mol. The van der Waals surface area contributed by atoms with Crippen molar-refractivity contribution in [2.75, 3.05) is 0 Å². The van der Waals surface area contributed by atoms with Crippen LogP contribution >= 0.6 is 15.9 Å². The second-order valence-electron chi connectivity index (χ2n) is 1.76. The lowest BCUT2D eigenvalue weighted by Crippen LogP contribution is -2.17. The molecule has 0 aromatic rings. The van der Waals surface area contributed by atoms with Gasteiger partial charge in [0, 0.05) is 6.42 Å². The monoisotopic (exact) mass is 208 g/mol. The van der Waals surface area contributed by atoms with Gasteiger partial charge in [0.1, 0.15) is 4.83 Å². The van der Waals surface area contributed by atoms with E-state index >= 15 is 0 Å². The fourth-order valence-electron chi connectivity index (χ4n) is 0.266. The molecule has 0 heterocycles. The summed E-state index contributed by atoms with van der Waals surface area (Å²) >= 11 is 2.97. The van der Waals surface area contributed by atoms with Gasteiger partial charge >= 0.3 is 11.9 Å². The third kappa shape index (κ3) is 3.61. The van der Waals surface area contributed by atoms with Crippen molar-refractivity contribution in [1.29, 1.82) is 0 Å². The quantitative estimate of drug-likeness (QED) is 0.390. The van der Waals surface area contributed by atoms with Crippen LogP contribution in [0.4, 0.5) is 0 Å². The summed E-state index contributed by atoms with van der Waals surface area (Å²) in [4.78, 5) is 20.7. The molecule has 0 bridgehead atoms. The fraction of sp³-hybridized carbons (Fsp3) is 0.667. The zero-order chi connectivity index (χ0) is 8.15. The summed E-state index contributed by atoms with van der Waals surface area (Å²) in [5, 5.41) is 0. The van der Waals surface area contributed by atoms with Gasteiger partial charge in [-0.3, -0.25) is 9.59 Å². The smallest absolute Gasteiger partial charge is 0.327 e. The highest BCUT2D eigenvalue weighted by Crippen LogP contribution is 2.00. The number of hydrogen-bond acceptors (Lipinski definition) is 3. The predicted octanol–water partition coefficient (Wildman–Crippen LogP) is 1.25. The van der Waals surface area contributed by atoms with E-state index in [0.717, 1.165) is 0 Å². The molecule has 0 aliphatic heterocycles. The van der Waals surface area contributed by atoms with Crippen LogP contribution in [-0.4, -0.2) is 16.8 Å². The molecule has 10 heavy (non-hydrogen) atoms. The topological polar surface area (TPSA) is 43.4 Å². The molecule has 0 radical (unpaired) electrons. The molecule has 1 atom stereocenters. The molecule has 3 nitrogen and oxygen atoms in total. The molecule has 0 spiro atoms. The van der Waals surface area contributed by atoms with Gasteiger partial charge in [-0.05, 0) is 6.92 Å². The molecular formula is C6H9BrO3. The Kier molecular flexibility index (Phi) is 4.27. The van der Waals surface area contributed by atoms with Gasteiger partial charge in [-0.25, -0.2) is 0 Å². The van der Waals surface area contributed by atoms with Gasteiger partial charge in [-0.1, -0.05) is 22.9 Å². The van der Waals surface area contributed by atoms with Crippen molar-refractivity contribution in [1.82, 2.24) is 0 Å². The van der Waals surface area contributed by atoms with E-state index in [-0.39, 0.29) is 6.42 Å². The molecule has 0 saturated heterocycles. The minimum atomic E-state index is -0.535. The lowest BCUT2D eigenvalue weighted by Gasteiger charge is -2.00. The highest BCUT2D eigenvalue weighted by molar-refractivity contribution is 9.10. The van der Waals surface area contributed by atoms with Crippen molar-refractivity contribution in [3.63, 3.8) is 0 Å². The molecule has 1 unspecified atom stereocenters. The van der Waals surface area contributed by atoms with Crippen LogP contribution in [0.1, 0.15) is 20.3 Å². The van der Waals surface area contributed by atoms with Crippen molar-refractivity contribution in [2.45, 2.75) is 25.1 Å². The van der Waals surface area contributed by atoms with Crippen LogP contribution in [0.5, 0.6) is 0 Å². The standard InChI is InChI=1S/C6H9BrO3/c1-3-5(8)10-6(9)4(2)7/h4H,3H2,1-2H3. The van der Waals surface area contributed by atoms with E-state index < -0.39 is 16.8 Å². The lowest BCUT2D eigenvalue weighted by molar-refractivity contribution is -0.158. The van der Waals surface area contributed by atoms with E-state index in [1.807, 2.05) is 0 Å². The Bertz CT molecular complexity index is 142. The van der Waals surface area contributed by atoms with E-state index in [0.29, 0.717) is 0 Å². The van der Waals surface area contributed by atoms with Crippen LogP contribution in [0.2, 0.25) is 0 Å². The largest absolute Gasteiger partial charge is 0.392 e. The zero-order valence-corrected chi connectivity index (χ0v) is 7.47. The summed E-state index contributed by atoms with van der Waals surface area (Å²) < 4.78 is 4.34. The first-order valence-electron chi connectivity index (χ1n) is 2.96. The highest BCUT2D eigenvalue weighted by Gasteiger charge is 2.13. The maximum absolute atomic E-state index is 10.6. The zero-order valence-electron chi connectivity index (χ0n) is 5.89. The second kappa shape index (κ2) is 4.44. The molecule has 0 fully saturated rings. The van der Waals surface area contributed by atoms with Crippen LogP contribution in [-0.2, 0) is 14.3 Å². The predicted molar refractivity (Wildman–Crippen MR) is 39.8 cm³/mol. The number of carbonyl (C=O) groups is 2. The summed E-state index contributed by atoms with van der Waals surface area (Å²) in [6.45, 7) is 3.24. The second-order valence-corrected chi connectivity index (χ2v) is 3.14. The Morgan fingerprint density at radius 3 is 2.40 bits per heavy atom. The van der Waals surface area contributed by atoms with Gasteiger partial charge in [0.25, 0.3) is 0 Å². The van der Waals surface area contributed by atoms with Crippen molar-refractivity contribution < 1.29 is 14.3 Å². The minimum absolute atomic E-state index is 0.228. The molecule has 0 aromatic carbocycles. The van der Waals surface area contributed by atoms with Crippen LogP contribution in [0.3, 0.4) is 0 Å². The van der Waals surface area contributed by atoms with E-state index in [1.165, 1.54) is 0 Å². The number of carbonyl (C=O) groups excluding carboxylic acids is 2. The molecule has 0 aliphatic rings. The van der Waals surface area contributed by atoms with Gasteiger partial charge in [0.2, 0.25) is 0 Å². The molecule has 0 rings (SSSR count). The van der Waals surface area contributed by atoms with Crippen molar-refractivity contribution in [3.8, 4) is 0 Å². The average Bonchev–Trinajstić information content (AvgIpc) is 1.87. The molecule has 4 heteroatoms. The van der Waals surface area contributed by atoms with E-state index in [2.05, 4.69) is 20.7 Å². The SMILES string of the molecule is CCC(=O)OC(=O)C(C)Br. The summed E-state index contributed by atoms with van der Waals surface area (Å²) in [7, 11) is 0. The van der Waals surface area contributed by atoms with Crippen molar-refractivity contribution >= 4 is 27.9 Å². The third-order valence-electron chi connectivity index (χ3n) is 0.828. The molecule has 0 amide bonds. The van der Waals surface area contributed by atoms with Gasteiger partial charge in [-0.15, -0.1) is 0 Å². The Labute approximate surface area is 67.9 Å². The van der Waals surface area contributed by atoms with Gasteiger partial charge < -0.3 is 4.74 Å². The summed E-state index contributed by atoms with van der Waals surface area (Å²) in [6, 6.07) is 0. The van der Waals surface area contributed by atoms with Gasteiger partial charge in [-0.2, -0.15) is 0 Å². The summed E-state index contributed by atoms with van der Waals surface area (Å²) in [5.74, 6) is -1.02. The van der Waals surface area contributed by atoms with Crippen LogP contribution in [0.25, 0.3) is 0 Å². The third-order valence-corrected chi connectivity index (χ3v) is 1.20. The Balaban J connectivity index is 3.69. The fourth-order valence-corrected chi connectivity index (χ4v) is 0.359. The Morgan fingerprint density at radius 2 is 2.10 bits per heavy atom. The van der Waals surface area contributed by atoms with E-state index in [4.69, 9.17) is 0 Å². The molecule has 0 saturated carbocycles. The first-order chi connectivity index (χ1) is 4.57. The Hall–Kier alpha value is -0.380. The first kappa shape index (κ1) is 9.62. The molecule has 0 aromatic heterocycles. The number of halogens is 1. The number of hydrogen-bond donors (Lipinski definition) is 0. The maximum atomic E-state index is 10.6. The molecule has 0 aliphatic carbocycles.